The molecule has 0 saturated heterocycles. The molecule has 1 aromatic carbocycles. The maximum Gasteiger partial charge on any atom is 0.233 e. The smallest absolute Gasteiger partial charge is 0.233 e. The maximum atomic E-state index is 12.6. The molecule has 150 valence electrons. The summed E-state index contributed by atoms with van der Waals surface area (Å²) >= 11 is 0. The van der Waals surface area contributed by atoms with E-state index in [1.54, 1.807) is 56.4 Å². The van der Waals surface area contributed by atoms with E-state index in [9.17, 15) is 13.2 Å². The van der Waals surface area contributed by atoms with Gasteiger partial charge < -0.3 is 0 Å². The molecule has 0 fully saturated rings. The first-order chi connectivity index (χ1) is 13.7. The molecule has 2 aromatic heterocycles. The van der Waals surface area contributed by atoms with Gasteiger partial charge >= 0.3 is 0 Å². The van der Waals surface area contributed by atoms with Crippen LogP contribution in [0.5, 0.6) is 0 Å². The number of hydrogen-bond donors (Lipinski definition) is 2. The van der Waals surface area contributed by atoms with Gasteiger partial charge in [0.2, 0.25) is 21.9 Å². The first kappa shape index (κ1) is 20.3. The van der Waals surface area contributed by atoms with Crippen LogP contribution in [0.1, 0.15) is 24.2 Å². The Hall–Kier alpha value is -3.40. The van der Waals surface area contributed by atoms with Gasteiger partial charge in [-0.15, -0.1) is 0 Å². The number of amides is 1. The molecule has 1 amide bonds. The molecule has 1 unspecified atom stereocenters. The first-order valence-corrected chi connectivity index (χ1v) is 10.6. The number of rotatable bonds is 6. The first-order valence-electron chi connectivity index (χ1n) is 8.74. The average Bonchev–Trinajstić information content (AvgIpc) is 2.67. The van der Waals surface area contributed by atoms with Crippen LogP contribution >= 0.6 is 0 Å². The van der Waals surface area contributed by atoms with Gasteiger partial charge in [-0.3, -0.25) is 19.8 Å². The minimum absolute atomic E-state index is 0.144. The number of carbonyl (C=O) groups is 1. The molecular weight excluding hydrogens is 392 g/mol. The third kappa shape index (κ3) is 5.55. The number of nitrogens with zero attached hydrogens (tertiary/aromatic N) is 4. The van der Waals surface area contributed by atoms with Crippen LogP contribution in [0.2, 0.25) is 0 Å². The van der Waals surface area contributed by atoms with Crippen molar-refractivity contribution in [1.29, 1.82) is 0 Å². The van der Waals surface area contributed by atoms with Gasteiger partial charge in [0.15, 0.2) is 5.82 Å². The quantitative estimate of drug-likeness (QED) is 0.636. The van der Waals surface area contributed by atoms with E-state index in [2.05, 4.69) is 30.0 Å². The van der Waals surface area contributed by atoms with Crippen molar-refractivity contribution in [3.63, 3.8) is 0 Å². The molecule has 3 rings (SSSR count). The second-order valence-corrected chi connectivity index (χ2v) is 8.20. The third-order valence-electron chi connectivity index (χ3n) is 3.98. The zero-order chi connectivity index (χ0) is 21.0. The van der Waals surface area contributed by atoms with Crippen LogP contribution in [0.25, 0.3) is 11.5 Å². The number of hydrogen-bond acceptors (Lipinski definition) is 7. The summed E-state index contributed by atoms with van der Waals surface area (Å²) in [6.07, 6.45) is 2.71. The van der Waals surface area contributed by atoms with Gasteiger partial charge in [-0.2, -0.15) is 9.97 Å². The Morgan fingerprint density at radius 1 is 1.03 bits per heavy atom. The molecule has 0 aliphatic rings. The van der Waals surface area contributed by atoms with Gasteiger partial charge in [-0.25, -0.2) is 13.4 Å². The Morgan fingerprint density at radius 3 is 2.38 bits per heavy atom. The highest BCUT2D eigenvalue weighted by atomic mass is 32.2. The number of sulfonamides is 1. The van der Waals surface area contributed by atoms with Crippen LogP contribution in [0, 0.1) is 6.92 Å². The van der Waals surface area contributed by atoms with Crippen molar-refractivity contribution in [3.8, 4) is 11.5 Å². The van der Waals surface area contributed by atoms with Crippen LogP contribution in [0.15, 0.2) is 48.7 Å². The standard InChI is InChI=1S/C19H20N6O3S/c1-12(14-7-9-15(10-8-14)25-29(3,27)28)18(26)24-19-22-13(2)21-17(23-19)16-6-4-5-11-20-16/h4-12,25H,1-3H3,(H,21,22,23,24,26). The van der Waals surface area contributed by atoms with E-state index in [4.69, 9.17) is 0 Å². The van der Waals surface area contributed by atoms with Crippen molar-refractivity contribution in [3.05, 3.63) is 60.0 Å². The molecule has 1 atom stereocenters. The van der Waals surface area contributed by atoms with E-state index in [1.807, 2.05) is 6.07 Å². The topological polar surface area (TPSA) is 127 Å². The van der Waals surface area contributed by atoms with Gasteiger partial charge in [0, 0.05) is 11.9 Å². The lowest BCUT2D eigenvalue weighted by molar-refractivity contribution is -0.117. The van der Waals surface area contributed by atoms with E-state index in [-0.39, 0.29) is 11.9 Å². The highest BCUT2D eigenvalue weighted by Crippen LogP contribution is 2.20. The summed E-state index contributed by atoms with van der Waals surface area (Å²) in [5.74, 6) is 0.173. The van der Waals surface area contributed by atoms with Crippen LogP contribution in [-0.2, 0) is 14.8 Å². The van der Waals surface area contributed by atoms with E-state index in [0.29, 0.717) is 23.0 Å². The number of benzene rings is 1. The summed E-state index contributed by atoms with van der Waals surface area (Å²) in [5, 5.41) is 2.70. The molecule has 10 heteroatoms. The lowest BCUT2D eigenvalue weighted by Gasteiger charge is -2.13. The fourth-order valence-corrected chi connectivity index (χ4v) is 3.14. The summed E-state index contributed by atoms with van der Waals surface area (Å²) in [4.78, 5) is 29.6. The molecule has 3 aromatic rings. The van der Waals surface area contributed by atoms with Gasteiger partial charge in [-0.1, -0.05) is 18.2 Å². The van der Waals surface area contributed by atoms with Crippen LogP contribution < -0.4 is 10.0 Å². The fraction of sp³-hybridized carbons (Fsp3) is 0.211. The number of nitrogens with one attached hydrogen (secondary N) is 2. The summed E-state index contributed by atoms with van der Waals surface area (Å²) in [7, 11) is -3.36. The van der Waals surface area contributed by atoms with E-state index in [1.165, 1.54) is 0 Å². The zero-order valence-corrected chi connectivity index (χ0v) is 16.9. The predicted molar refractivity (Wildman–Crippen MR) is 110 cm³/mol. The minimum atomic E-state index is -3.36. The van der Waals surface area contributed by atoms with Crippen molar-refractivity contribution >= 4 is 27.6 Å². The predicted octanol–water partition coefficient (Wildman–Crippen LogP) is 2.36. The van der Waals surface area contributed by atoms with Gasteiger partial charge in [0.05, 0.1) is 12.2 Å². The Balaban J connectivity index is 1.75. The van der Waals surface area contributed by atoms with Gasteiger partial charge in [0.25, 0.3) is 0 Å². The molecule has 0 aliphatic carbocycles. The summed E-state index contributed by atoms with van der Waals surface area (Å²) in [6.45, 7) is 3.45. The van der Waals surface area contributed by atoms with Crippen molar-refractivity contribution in [2.45, 2.75) is 19.8 Å². The third-order valence-corrected chi connectivity index (χ3v) is 4.59. The summed E-state index contributed by atoms with van der Waals surface area (Å²) in [5.41, 5.74) is 1.73. The molecular formula is C19H20N6O3S. The number of aryl methyl sites for hydroxylation is 1. The van der Waals surface area contributed by atoms with Crippen molar-refractivity contribution in [1.82, 2.24) is 19.9 Å². The Bertz CT molecular complexity index is 1120. The Kier molecular flexibility index (Phi) is 5.83. The molecule has 0 radical (unpaired) electrons. The van der Waals surface area contributed by atoms with Crippen molar-refractivity contribution in [2.24, 2.45) is 0 Å². The SMILES string of the molecule is Cc1nc(NC(=O)C(C)c2ccc(NS(C)(=O)=O)cc2)nc(-c2ccccn2)n1. The molecule has 2 heterocycles. The molecule has 0 aliphatic heterocycles. The van der Waals surface area contributed by atoms with E-state index >= 15 is 0 Å². The molecule has 0 saturated carbocycles. The molecule has 29 heavy (non-hydrogen) atoms. The van der Waals surface area contributed by atoms with Gasteiger partial charge in [-0.05, 0) is 43.7 Å². The summed E-state index contributed by atoms with van der Waals surface area (Å²) < 4.78 is 25.0. The van der Waals surface area contributed by atoms with Crippen LogP contribution in [0.3, 0.4) is 0 Å². The summed E-state index contributed by atoms with van der Waals surface area (Å²) in [6, 6.07) is 12.0. The maximum absolute atomic E-state index is 12.6. The second-order valence-electron chi connectivity index (χ2n) is 6.45. The molecule has 9 nitrogen and oxygen atoms in total. The number of aromatic nitrogens is 4. The zero-order valence-electron chi connectivity index (χ0n) is 16.1. The lowest BCUT2D eigenvalue weighted by atomic mass is 10.0. The number of anilines is 2. The highest BCUT2D eigenvalue weighted by molar-refractivity contribution is 7.92. The monoisotopic (exact) mass is 412 g/mol. The lowest BCUT2D eigenvalue weighted by Crippen LogP contribution is -2.21. The largest absolute Gasteiger partial charge is 0.294 e. The second kappa shape index (κ2) is 8.31. The van der Waals surface area contributed by atoms with Crippen LogP contribution in [-0.4, -0.2) is 40.5 Å². The van der Waals surface area contributed by atoms with Gasteiger partial charge in [0.1, 0.15) is 11.5 Å². The molecule has 0 spiro atoms. The highest BCUT2D eigenvalue weighted by Gasteiger charge is 2.18. The van der Waals surface area contributed by atoms with Crippen LogP contribution in [0.4, 0.5) is 11.6 Å². The normalized spacial score (nSPS) is 12.2. The number of carbonyl (C=O) groups excluding carboxylic acids is 1. The molecule has 0 bridgehead atoms. The average molecular weight is 412 g/mol. The van der Waals surface area contributed by atoms with E-state index in [0.717, 1.165) is 11.8 Å². The van der Waals surface area contributed by atoms with Crippen molar-refractivity contribution in [2.75, 3.05) is 16.3 Å². The Morgan fingerprint density at radius 2 is 1.76 bits per heavy atom. The Labute approximate surface area is 168 Å². The van der Waals surface area contributed by atoms with E-state index < -0.39 is 15.9 Å². The number of pyridine rings is 1. The fourth-order valence-electron chi connectivity index (χ4n) is 2.57. The molecule has 2 N–H and O–H groups in total. The minimum Gasteiger partial charge on any atom is -0.294 e. The van der Waals surface area contributed by atoms with Crippen molar-refractivity contribution < 1.29 is 13.2 Å².